The predicted octanol–water partition coefficient (Wildman–Crippen LogP) is 2.78. The summed E-state index contributed by atoms with van der Waals surface area (Å²) in [6, 6.07) is 15.2. The van der Waals surface area contributed by atoms with Gasteiger partial charge in [-0.05, 0) is 48.7 Å². The summed E-state index contributed by atoms with van der Waals surface area (Å²) < 4.78 is 0. The van der Waals surface area contributed by atoms with Crippen molar-refractivity contribution in [2.45, 2.75) is 39.4 Å². The van der Waals surface area contributed by atoms with Crippen molar-refractivity contribution in [1.29, 1.82) is 0 Å². The van der Waals surface area contributed by atoms with E-state index in [-0.39, 0.29) is 17.9 Å². The molecule has 0 aromatic heterocycles. The summed E-state index contributed by atoms with van der Waals surface area (Å²) in [5, 5.41) is 9.50. The van der Waals surface area contributed by atoms with Crippen LogP contribution in [0.1, 0.15) is 52.1 Å². The number of aliphatic imine (C=N–C) groups is 1. The Hall–Kier alpha value is -3.35. The quantitative estimate of drug-likeness (QED) is 0.450. The molecule has 0 aliphatic rings. The Labute approximate surface area is 184 Å². The Morgan fingerprint density at radius 3 is 1.81 bits per heavy atom. The number of nitrogens with one attached hydrogen (secondary N) is 3. The summed E-state index contributed by atoms with van der Waals surface area (Å²) in [6.45, 7) is 5.21. The van der Waals surface area contributed by atoms with Crippen LogP contribution in [-0.2, 0) is 13.1 Å². The molecule has 31 heavy (non-hydrogen) atoms. The zero-order valence-corrected chi connectivity index (χ0v) is 19.0. The summed E-state index contributed by atoms with van der Waals surface area (Å²) in [4.78, 5) is 29.9. The zero-order valence-electron chi connectivity index (χ0n) is 19.0. The van der Waals surface area contributed by atoms with Crippen LogP contribution < -0.4 is 16.0 Å². The minimum Gasteiger partial charge on any atom is -0.352 e. The van der Waals surface area contributed by atoms with Gasteiger partial charge in [-0.2, -0.15) is 0 Å². The van der Waals surface area contributed by atoms with Gasteiger partial charge in [-0.15, -0.1) is 0 Å². The van der Waals surface area contributed by atoms with Gasteiger partial charge in [-0.1, -0.05) is 31.2 Å². The molecule has 2 aromatic rings. The summed E-state index contributed by atoms with van der Waals surface area (Å²) in [7, 11) is 5.20. The summed E-state index contributed by atoms with van der Waals surface area (Å²) in [6.07, 6.45) is 0.901. The second kappa shape index (κ2) is 11.7. The molecule has 7 heteroatoms. The highest BCUT2D eigenvalue weighted by Crippen LogP contribution is 2.07. The Bertz CT molecular complexity index is 889. The number of carbonyl (C=O) groups excluding carboxylic acids is 2. The van der Waals surface area contributed by atoms with Crippen molar-refractivity contribution >= 4 is 17.8 Å². The van der Waals surface area contributed by atoms with Gasteiger partial charge in [0.05, 0.1) is 0 Å². The molecule has 1 atom stereocenters. The van der Waals surface area contributed by atoms with Crippen LogP contribution in [0.5, 0.6) is 0 Å². The predicted molar refractivity (Wildman–Crippen MR) is 125 cm³/mol. The highest BCUT2D eigenvalue weighted by Gasteiger charge is 2.09. The number of amides is 2. The third kappa shape index (κ3) is 7.44. The van der Waals surface area contributed by atoms with Crippen molar-refractivity contribution < 1.29 is 9.59 Å². The van der Waals surface area contributed by atoms with Crippen LogP contribution in [-0.4, -0.2) is 49.9 Å². The fourth-order valence-electron chi connectivity index (χ4n) is 2.80. The van der Waals surface area contributed by atoms with Crippen molar-refractivity contribution in [3.63, 3.8) is 0 Å². The van der Waals surface area contributed by atoms with Crippen molar-refractivity contribution in [1.82, 2.24) is 20.9 Å². The zero-order chi connectivity index (χ0) is 22.8. The number of hydrogen-bond donors (Lipinski definition) is 3. The van der Waals surface area contributed by atoms with Gasteiger partial charge < -0.3 is 20.9 Å². The lowest BCUT2D eigenvalue weighted by Crippen LogP contribution is -2.36. The van der Waals surface area contributed by atoms with Crippen molar-refractivity contribution in [3.05, 3.63) is 70.8 Å². The molecule has 166 valence electrons. The fourth-order valence-corrected chi connectivity index (χ4v) is 2.80. The van der Waals surface area contributed by atoms with Gasteiger partial charge in [0.15, 0.2) is 5.96 Å². The van der Waals surface area contributed by atoms with Crippen LogP contribution in [0, 0.1) is 0 Å². The highest BCUT2D eigenvalue weighted by atomic mass is 16.2. The first-order valence-corrected chi connectivity index (χ1v) is 10.5. The standard InChI is InChI=1S/C24H33N5O2/c1-6-17(2)28-22(30)20-11-7-18(8-12-20)15-26-24(25-3)27-16-19-9-13-21(14-10-19)23(31)29(4)5/h7-14,17H,6,15-16H2,1-5H3,(H,28,30)(H2,25,26,27). The first kappa shape index (κ1) is 23.9. The summed E-state index contributed by atoms with van der Waals surface area (Å²) in [5.74, 6) is 0.608. The third-order valence-corrected chi connectivity index (χ3v) is 4.96. The molecule has 0 aliphatic carbocycles. The van der Waals surface area contributed by atoms with Crippen LogP contribution in [0.25, 0.3) is 0 Å². The van der Waals surface area contributed by atoms with E-state index in [4.69, 9.17) is 0 Å². The smallest absolute Gasteiger partial charge is 0.253 e. The van der Waals surface area contributed by atoms with E-state index in [1.165, 1.54) is 0 Å². The monoisotopic (exact) mass is 423 g/mol. The first-order chi connectivity index (χ1) is 14.8. The van der Waals surface area contributed by atoms with Crippen LogP contribution in [0.2, 0.25) is 0 Å². The summed E-state index contributed by atoms with van der Waals surface area (Å²) in [5.41, 5.74) is 3.42. The van der Waals surface area contributed by atoms with Crippen molar-refractivity contribution in [2.75, 3.05) is 21.1 Å². The van der Waals surface area contributed by atoms with Crippen molar-refractivity contribution in [2.24, 2.45) is 4.99 Å². The number of benzene rings is 2. The lowest BCUT2D eigenvalue weighted by Gasteiger charge is -2.14. The normalized spacial score (nSPS) is 12.1. The van der Waals surface area contributed by atoms with E-state index >= 15 is 0 Å². The molecule has 0 bridgehead atoms. The fraction of sp³-hybridized carbons (Fsp3) is 0.375. The van der Waals surface area contributed by atoms with Gasteiger partial charge in [0.2, 0.25) is 0 Å². The number of nitrogens with zero attached hydrogens (tertiary/aromatic N) is 2. The minimum atomic E-state index is -0.0513. The molecule has 1 unspecified atom stereocenters. The van der Waals surface area contributed by atoms with E-state index in [1.807, 2.05) is 62.4 Å². The van der Waals surface area contributed by atoms with Crippen LogP contribution in [0.3, 0.4) is 0 Å². The van der Waals surface area contributed by atoms with Gasteiger partial charge in [-0.3, -0.25) is 14.6 Å². The van der Waals surface area contributed by atoms with Crippen LogP contribution in [0.4, 0.5) is 0 Å². The Morgan fingerprint density at radius 1 is 0.903 bits per heavy atom. The number of rotatable bonds is 8. The van der Waals surface area contributed by atoms with E-state index in [2.05, 4.69) is 20.9 Å². The lowest BCUT2D eigenvalue weighted by molar-refractivity contribution is 0.0827. The molecule has 3 N–H and O–H groups in total. The Morgan fingerprint density at radius 2 is 1.39 bits per heavy atom. The second-order valence-electron chi connectivity index (χ2n) is 7.66. The van der Waals surface area contributed by atoms with Gasteiger partial charge in [0.25, 0.3) is 11.8 Å². The maximum atomic E-state index is 12.2. The lowest BCUT2D eigenvalue weighted by atomic mass is 10.1. The van der Waals surface area contributed by atoms with Gasteiger partial charge in [0.1, 0.15) is 0 Å². The average Bonchev–Trinajstić information content (AvgIpc) is 2.79. The van der Waals surface area contributed by atoms with E-state index in [0.29, 0.717) is 30.2 Å². The maximum Gasteiger partial charge on any atom is 0.253 e. The molecule has 0 saturated carbocycles. The van der Waals surface area contributed by atoms with Gasteiger partial charge in [-0.25, -0.2) is 0 Å². The molecule has 0 saturated heterocycles. The molecule has 0 fully saturated rings. The molecule has 2 aromatic carbocycles. The van der Waals surface area contributed by atoms with Gasteiger partial charge in [0, 0.05) is 51.4 Å². The van der Waals surface area contributed by atoms with E-state index in [0.717, 1.165) is 17.5 Å². The molecular weight excluding hydrogens is 390 g/mol. The number of hydrogen-bond acceptors (Lipinski definition) is 3. The van der Waals surface area contributed by atoms with E-state index < -0.39 is 0 Å². The Balaban J connectivity index is 1.84. The summed E-state index contributed by atoms with van der Waals surface area (Å²) >= 11 is 0. The molecule has 0 radical (unpaired) electrons. The maximum absolute atomic E-state index is 12.2. The number of guanidine groups is 1. The highest BCUT2D eigenvalue weighted by molar-refractivity contribution is 5.94. The molecule has 7 nitrogen and oxygen atoms in total. The minimum absolute atomic E-state index is 0.0136. The second-order valence-corrected chi connectivity index (χ2v) is 7.66. The van der Waals surface area contributed by atoms with Crippen molar-refractivity contribution in [3.8, 4) is 0 Å². The largest absolute Gasteiger partial charge is 0.352 e. The Kier molecular flexibility index (Phi) is 9.06. The average molecular weight is 424 g/mol. The molecule has 2 rings (SSSR count). The van der Waals surface area contributed by atoms with E-state index in [9.17, 15) is 9.59 Å². The van der Waals surface area contributed by atoms with Crippen LogP contribution in [0.15, 0.2) is 53.5 Å². The molecule has 0 aliphatic heterocycles. The SMILES string of the molecule is CCC(C)NC(=O)c1ccc(CNC(=NC)NCc2ccc(C(=O)N(C)C)cc2)cc1. The third-order valence-electron chi connectivity index (χ3n) is 4.96. The number of carbonyl (C=O) groups is 2. The molecule has 0 spiro atoms. The van der Waals surface area contributed by atoms with E-state index in [1.54, 1.807) is 26.0 Å². The molecule has 0 heterocycles. The molecular formula is C24H33N5O2. The topological polar surface area (TPSA) is 85.8 Å². The molecule has 2 amide bonds. The first-order valence-electron chi connectivity index (χ1n) is 10.5. The van der Waals surface area contributed by atoms with Gasteiger partial charge >= 0.3 is 0 Å². The van der Waals surface area contributed by atoms with Crippen LogP contribution >= 0.6 is 0 Å².